The molecule has 4 heterocycles. The van der Waals surface area contributed by atoms with Crippen molar-refractivity contribution in [3.8, 4) is 0 Å². The van der Waals surface area contributed by atoms with Crippen LogP contribution in [0.1, 0.15) is 29.0 Å². The molecule has 1 saturated heterocycles. The van der Waals surface area contributed by atoms with Crippen molar-refractivity contribution in [3.63, 3.8) is 0 Å². The number of urea groups is 1. The molecule has 3 aromatic heterocycles. The highest BCUT2D eigenvalue weighted by atomic mass is 35.5. The molecule has 2 aliphatic rings. The van der Waals surface area contributed by atoms with E-state index in [1.165, 1.54) is 9.78 Å². The summed E-state index contributed by atoms with van der Waals surface area (Å²) in [5.74, 6) is -0.183. The molecule has 0 saturated carbocycles. The van der Waals surface area contributed by atoms with Gasteiger partial charge in [0.05, 0.1) is 17.3 Å². The fourth-order valence-corrected chi connectivity index (χ4v) is 5.11. The van der Waals surface area contributed by atoms with Gasteiger partial charge in [-0.25, -0.2) is 9.78 Å². The number of halogens is 1. The summed E-state index contributed by atoms with van der Waals surface area (Å²) in [4.78, 5) is 32.8. The largest absolute Gasteiger partial charge is 0.325 e. The Bertz CT molecular complexity index is 1060. The third kappa shape index (κ3) is 2.20. The van der Waals surface area contributed by atoms with Crippen molar-refractivity contribution in [3.05, 3.63) is 57.1 Å². The molecule has 3 amide bonds. The Morgan fingerprint density at radius 1 is 1.27 bits per heavy atom. The van der Waals surface area contributed by atoms with Crippen LogP contribution in [0.5, 0.6) is 0 Å². The van der Waals surface area contributed by atoms with E-state index in [1.54, 1.807) is 40.3 Å². The first-order chi connectivity index (χ1) is 12.6. The van der Waals surface area contributed by atoms with Crippen LogP contribution in [0.2, 0.25) is 5.02 Å². The van der Waals surface area contributed by atoms with Crippen LogP contribution in [-0.2, 0) is 23.3 Å². The summed E-state index contributed by atoms with van der Waals surface area (Å²) in [6, 6.07) is 5.17. The van der Waals surface area contributed by atoms with Crippen LogP contribution in [0.15, 0.2) is 36.0 Å². The second-order valence-corrected chi connectivity index (χ2v) is 8.12. The van der Waals surface area contributed by atoms with Gasteiger partial charge in [-0.1, -0.05) is 11.6 Å². The zero-order valence-corrected chi connectivity index (χ0v) is 15.3. The summed E-state index contributed by atoms with van der Waals surface area (Å²) in [5, 5.41) is 5.55. The number of hydrogen-bond acceptors (Lipinski definition) is 4. The number of thiophene rings is 1. The standard InChI is InChI=1S/C18H15ClN4O2S/c19-11-3-4-15-20-12(9-22(15)8-11)10-23-16(24)18(21-17(23)25)6-1-2-14-13(18)5-7-26-14/h3-5,7-9H,1-2,6,10H2,(H,21,25). The molecule has 1 aliphatic carbocycles. The van der Waals surface area contributed by atoms with Crippen molar-refractivity contribution in [1.82, 2.24) is 19.6 Å². The zero-order valence-electron chi connectivity index (χ0n) is 13.7. The monoisotopic (exact) mass is 386 g/mol. The molecule has 5 rings (SSSR count). The number of carbonyl (C=O) groups excluding carboxylic acids is 2. The first-order valence-electron chi connectivity index (χ1n) is 8.41. The minimum Gasteiger partial charge on any atom is -0.319 e. The molecule has 0 radical (unpaired) electrons. The van der Waals surface area contributed by atoms with E-state index in [1.807, 2.05) is 11.4 Å². The van der Waals surface area contributed by atoms with Gasteiger partial charge in [-0.3, -0.25) is 9.69 Å². The number of rotatable bonds is 2. The highest BCUT2D eigenvalue weighted by molar-refractivity contribution is 7.10. The molecule has 1 aliphatic heterocycles. The third-order valence-electron chi connectivity index (χ3n) is 5.12. The van der Waals surface area contributed by atoms with Gasteiger partial charge in [-0.15, -0.1) is 11.3 Å². The van der Waals surface area contributed by atoms with Crippen LogP contribution in [-0.4, -0.2) is 26.2 Å². The van der Waals surface area contributed by atoms with Crippen molar-refractivity contribution in [2.24, 2.45) is 0 Å². The molecule has 26 heavy (non-hydrogen) atoms. The lowest BCUT2D eigenvalue weighted by Gasteiger charge is -2.31. The van der Waals surface area contributed by atoms with Gasteiger partial charge in [0.25, 0.3) is 5.91 Å². The Morgan fingerprint density at radius 3 is 3.04 bits per heavy atom. The van der Waals surface area contributed by atoms with Gasteiger partial charge in [0.15, 0.2) is 0 Å². The summed E-state index contributed by atoms with van der Waals surface area (Å²) in [6.45, 7) is 0.144. The summed E-state index contributed by atoms with van der Waals surface area (Å²) in [5.41, 5.74) is 1.42. The number of imide groups is 1. The van der Waals surface area contributed by atoms with Crippen molar-refractivity contribution in [1.29, 1.82) is 0 Å². The number of amides is 3. The fraction of sp³-hybridized carbons (Fsp3) is 0.278. The van der Waals surface area contributed by atoms with E-state index in [-0.39, 0.29) is 18.5 Å². The lowest BCUT2D eigenvalue weighted by Crippen LogP contribution is -2.46. The smallest absolute Gasteiger partial charge is 0.319 e. The van der Waals surface area contributed by atoms with Crippen molar-refractivity contribution >= 4 is 40.5 Å². The van der Waals surface area contributed by atoms with Gasteiger partial charge in [0, 0.05) is 22.8 Å². The predicted molar refractivity (Wildman–Crippen MR) is 98.2 cm³/mol. The minimum absolute atomic E-state index is 0.144. The molecule has 1 atom stereocenters. The Kier molecular flexibility index (Phi) is 3.39. The van der Waals surface area contributed by atoms with Gasteiger partial charge in [0.1, 0.15) is 11.2 Å². The van der Waals surface area contributed by atoms with Crippen LogP contribution in [0.3, 0.4) is 0 Å². The number of aromatic nitrogens is 2. The maximum absolute atomic E-state index is 13.2. The van der Waals surface area contributed by atoms with Crippen LogP contribution in [0.4, 0.5) is 4.79 Å². The Balaban J connectivity index is 1.49. The molecule has 1 N–H and O–H groups in total. The number of imidazole rings is 1. The van der Waals surface area contributed by atoms with E-state index in [4.69, 9.17) is 11.6 Å². The molecule has 8 heteroatoms. The molecule has 6 nitrogen and oxygen atoms in total. The Hall–Kier alpha value is -2.38. The number of carbonyl (C=O) groups is 2. The van der Waals surface area contributed by atoms with Crippen molar-refractivity contribution < 1.29 is 9.59 Å². The molecule has 1 fully saturated rings. The van der Waals surface area contributed by atoms with E-state index in [0.29, 0.717) is 17.1 Å². The average molecular weight is 387 g/mol. The molecule has 3 aromatic rings. The second kappa shape index (κ2) is 5.56. The first kappa shape index (κ1) is 15.8. The highest BCUT2D eigenvalue weighted by Gasteiger charge is 2.54. The normalized spacial score (nSPS) is 22.3. The highest BCUT2D eigenvalue weighted by Crippen LogP contribution is 2.42. The molecular formula is C18H15ClN4O2S. The minimum atomic E-state index is -0.910. The number of aryl methyl sites for hydroxylation is 1. The number of nitrogens with one attached hydrogen (secondary N) is 1. The topological polar surface area (TPSA) is 66.7 Å². The zero-order chi connectivity index (χ0) is 17.9. The van der Waals surface area contributed by atoms with E-state index < -0.39 is 5.54 Å². The van der Waals surface area contributed by atoms with E-state index in [0.717, 1.165) is 24.1 Å². The van der Waals surface area contributed by atoms with Gasteiger partial charge < -0.3 is 9.72 Å². The molecule has 132 valence electrons. The van der Waals surface area contributed by atoms with E-state index in [2.05, 4.69) is 10.3 Å². The third-order valence-corrected chi connectivity index (χ3v) is 6.33. The number of hydrogen-bond donors (Lipinski definition) is 1. The molecule has 0 aromatic carbocycles. The van der Waals surface area contributed by atoms with E-state index >= 15 is 0 Å². The van der Waals surface area contributed by atoms with Crippen LogP contribution < -0.4 is 5.32 Å². The molecule has 1 unspecified atom stereocenters. The summed E-state index contributed by atoms with van der Waals surface area (Å²) in [6.07, 6.45) is 6.03. The van der Waals surface area contributed by atoms with Gasteiger partial charge in [-0.05, 0) is 42.8 Å². The summed E-state index contributed by atoms with van der Waals surface area (Å²) in [7, 11) is 0. The molecule has 0 bridgehead atoms. The number of fused-ring (bicyclic) bond motifs is 3. The van der Waals surface area contributed by atoms with Gasteiger partial charge >= 0.3 is 6.03 Å². The van der Waals surface area contributed by atoms with Gasteiger partial charge in [-0.2, -0.15) is 0 Å². The van der Waals surface area contributed by atoms with Crippen LogP contribution in [0.25, 0.3) is 5.65 Å². The lowest BCUT2D eigenvalue weighted by molar-refractivity contribution is -0.132. The Labute approximate surface area is 158 Å². The van der Waals surface area contributed by atoms with Crippen LogP contribution in [0, 0.1) is 0 Å². The SMILES string of the molecule is O=C1NC2(CCCc3sccc32)C(=O)N1Cc1cn2cc(Cl)ccc2n1. The van der Waals surface area contributed by atoms with E-state index in [9.17, 15) is 9.59 Å². The number of pyridine rings is 1. The maximum atomic E-state index is 13.2. The molecule has 1 spiro atoms. The average Bonchev–Trinajstić information content (AvgIpc) is 3.29. The predicted octanol–water partition coefficient (Wildman–Crippen LogP) is 3.33. The summed E-state index contributed by atoms with van der Waals surface area (Å²) >= 11 is 7.65. The fourth-order valence-electron chi connectivity index (χ4n) is 3.94. The van der Waals surface area contributed by atoms with Gasteiger partial charge in [0.2, 0.25) is 0 Å². The number of nitrogens with zero attached hydrogens (tertiary/aromatic N) is 3. The quantitative estimate of drug-likeness (QED) is 0.687. The van der Waals surface area contributed by atoms with Crippen molar-refractivity contribution in [2.75, 3.05) is 0 Å². The van der Waals surface area contributed by atoms with Crippen molar-refractivity contribution in [2.45, 2.75) is 31.3 Å². The lowest BCUT2D eigenvalue weighted by atomic mass is 9.80. The van der Waals surface area contributed by atoms with Crippen LogP contribution >= 0.6 is 22.9 Å². The maximum Gasteiger partial charge on any atom is 0.325 e. The molecular weight excluding hydrogens is 372 g/mol. The summed E-state index contributed by atoms with van der Waals surface area (Å²) < 4.78 is 1.80. The second-order valence-electron chi connectivity index (χ2n) is 6.68. The Morgan fingerprint density at radius 2 is 2.15 bits per heavy atom. The first-order valence-corrected chi connectivity index (χ1v) is 9.67.